The number of nitrogens with two attached hydrogens (primary N) is 1. The number of nitrogens with zero attached hydrogens (tertiary/aromatic N) is 2. The van der Waals surface area contributed by atoms with Gasteiger partial charge in [-0.3, -0.25) is 0 Å². The fraction of sp³-hybridized carbons (Fsp3) is 0.500. The summed E-state index contributed by atoms with van der Waals surface area (Å²) < 4.78 is 38.3. The molecule has 0 amide bonds. The highest BCUT2D eigenvalue weighted by Gasteiger charge is 2.34. The Morgan fingerprint density at radius 2 is 2.15 bits per heavy atom. The zero-order valence-corrected chi connectivity index (χ0v) is 11.3. The fourth-order valence-corrected chi connectivity index (χ4v) is 2.35. The van der Waals surface area contributed by atoms with E-state index >= 15 is 0 Å². The van der Waals surface area contributed by atoms with Crippen molar-refractivity contribution in [3.05, 3.63) is 23.4 Å². The Labute approximate surface area is 119 Å². The van der Waals surface area contributed by atoms with Crippen LogP contribution in [0, 0.1) is 0 Å². The molecule has 1 fully saturated rings. The van der Waals surface area contributed by atoms with Crippen molar-refractivity contribution < 1.29 is 18.3 Å². The molecule has 3 N–H and O–H groups in total. The van der Waals surface area contributed by atoms with Crippen LogP contribution in [0.3, 0.4) is 0 Å². The molecular formula is C12H14F3N3OS. The Balaban J connectivity index is 2.44. The molecule has 0 bridgehead atoms. The molecule has 0 aliphatic carbocycles. The third-order valence-electron chi connectivity index (χ3n) is 3.13. The number of aromatic nitrogens is 1. The smallest absolute Gasteiger partial charge is 0.391 e. The Kier molecular flexibility index (Phi) is 4.14. The van der Waals surface area contributed by atoms with Gasteiger partial charge in [0, 0.05) is 13.1 Å². The van der Waals surface area contributed by atoms with E-state index in [0.717, 1.165) is 6.07 Å². The molecule has 1 atom stereocenters. The summed E-state index contributed by atoms with van der Waals surface area (Å²) in [5, 5.41) is 9.64. The van der Waals surface area contributed by atoms with Crippen LogP contribution in [0.1, 0.15) is 24.1 Å². The minimum absolute atomic E-state index is 0.0127. The molecule has 1 saturated heterocycles. The van der Waals surface area contributed by atoms with Crippen molar-refractivity contribution in [2.75, 3.05) is 18.0 Å². The van der Waals surface area contributed by atoms with Gasteiger partial charge in [-0.1, -0.05) is 12.2 Å². The lowest BCUT2D eigenvalue weighted by Gasteiger charge is -2.32. The highest BCUT2D eigenvalue weighted by molar-refractivity contribution is 7.80. The summed E-state index contributed by atoms with van der Waals surface area (Å²) in [6.45, 7) is 0.741. The number of thiocarbonyl (C=S) groups is 1. The number of piperidine rings is 1. The van der Waals surface area contributed by atoms with E-state index in [4.69, 9.17) is 18.0 Å². The number of halogens is 3. The van der Waals surface area contributed by atoms with Crippen LogP contribution in [-0.2, 0) is 6.18 Å². The van der Waals surface area contributed by atoms with Crippen molar-refractivity contribution in [1.29, 1.82) is 0 Å². The monoisotopic (exact) mass is 305 g/mol. The van der Waals surface area contributed by atoms with Crippen molar-refractivity contribution in [1.82, 2.24) is 4.98 Å². The first-order valence-electron chi connectivity index (χ1n) is 6.10. The second kappa shape index (κ2) is 5.53. The van der Waals surface area contributed by atoms with Crippen molar-refractivity contribution in [3.63, 3.8) is 0 Å². The van der Waals surface area contributed by atoms with Gasteiger partial charge >= 0.3 is 6.18 Å². The van der Waals surface area contributed by atoms with Gasteiger partial charge in [-0.2, -0.15) is 13.2 Å². The van der Waals surface area contributed by atoms with E-state index in [9.17, 15) is 18.3 Å². The first-order chi connectivity index (χ1) is 9.29. The maximum Gasteiger partial charge on any atom is 0.433 e. The lowest BCUT2D eigenvalue weighted by molar-refractivity contribution is -0.141. The van der Waals surface area contributed by atoms with Crippen LogP contribution in [0.2, 0.25) is 0 Å². The zero-order chi connectivity index (χ0) is 14.9. The fourth-order valence-electron chi connectivity index (χ4n) is 2.19. The van der Waals surface area contributed by atoms with Gasteiger partial charge in [0.1, 0.15) is 16.5 Å². The molecule has 1 unspecified atom stereocenters. The molecule has 2 heterocycles. The molecule has 8 heteroatoms. The predicted molar refractivity (Wildman–Crippen MR) is 72.6 cm³/mol. The second-order valence-corrected chi connectivity index (χ2v) is 5.11. The molecule has 1 aromatic rings. The summed E-state index contributed by atoms with van der Waals surface area (Å²) in [6, 6.07) is 2.09. The highest BCUT2D eigenvalue weighted by atomic mass is 32.1. The van der Waals surface area contributed by atoms with Crippen LogP contribution in [-0.4, -0.2) is 34.3 Å². The third kappa shape index (κ3) is 3.18. The maximum absolute atomic E-state index is 12.8. The molecule has 1 aliphatic heterocycles. The molecule has 1 aliphatic rings. The molecule has 4 nitrogen and oxygen atoms in total. The second-order valence-electron chi connectivity index (χ2n) is 4.67. The lowest BCUT2D eigenvalue weighted by atomic mass is 10.1. The quantitative estimate of drug-likeness (QED) is 0.814. The minimum atomic E-state index is -4.53. The summed E-state index contributed by atoms with van der Waals surface area (Å²) in [7, 11) is 0. The first kappa shape index (κ1) is 15.0. The average Bonchev–Trinajstić information content (AvgIpc) is 2.37. The highest BCUT2D eigenvalue weighted by Crippen LogP contribution is 2.31. The molecule has 0 spiro atoms. The van der Waals surface area contributed by atoms with Gasteiger partial charge < -0.3 is 15.7 Å². The minimum Gasteiger partial charge on any atom is -0.391 e. The Morgan fingerprint density at radius 1 is 1.45 bits per heavy atom. The average molecular weight is 305 g/mol. The number of aliphatic hydroxyl groups is 1. The molecule has 0 aromatic carbocycles. The molecule has 1 aromatic heterocycles. The molecule has 2 rings (SSSR count). The Bertz CT molecular complexity index is 521. The molecule has 0 saturated carbocycles. The predicted octanol–water partition coefficient (Wildman–Crippen LogP) is 1.70. The van der Waals surface area contributed by atoms with Gasteiger partial charge in [-0.05, 0) is 25.0 Å². The van der Waals surface area contributed by atoms with Crippen LogP contribution < -0.4 is 10.6 Å². The van der Waals surface area contributed by atoms with Crippen LogP contribution in [0.25, 0.3) is 0 Å². The normalized spacial score (nSPS) is 20.0. The lowest BCUT2D eigenvalue weighted by Crippen LogP contribution is -2.40. The van der Waals surface area contributed by atoms with E-state index in [-0.39, 0.29) is 17.4 Å². The van der Waals surface area contributed by atoms with Gasteiger partial charge in [0.15, 0.2) is 0 Å². The Hall–Kier alpha value is -1.41. The van der Waals surface area contributed by atoms with E-state index in [1.54, 1.807) is 4.90 Å². The number of pyridine rings is 1. The van der Waals surface area contributed by atoms with Crippen LogP contribution >= 0.6 is 12.2 Å². The van der Waals surface area contributed by atoms with Crippen LogP contribution in [0.5, 0.6) is 0 Å². The van der Waals surface area contributed by atoms with Crippen molar-refractivity contribution in [3.8, 4) is 0 Å². The van der Waals surface area contributed by atoms with Crippen LogP contribution in [0.4, 0.5) is 19.0 Å². The van der Waals surface area contributed by atoms with Gasteiger partial charge in [0.05, 0.1) is 11.7 Å². The van der Waals surface area contributed by atoms with E-state index in [1.165, 1.54) is 6.07 Å². The molecule has 110 valence electrons. The number of hydrogen-bond donors (Lipinski definition) is 2. The van der Waals surface area contributed by atoms with E-state index in [0.29, 0.717) is 24.9 Å². The number of rotatable bonds is 2. The van der Waals surface area contributed by atoms with Crippen LogP contribution in [0.15, 0.2) is 12.1 Å². The number of aliphatic hydroxyl groups excluding tert-OH is 1. The topological polar surface area (TPSA) is 62.4 Å². The molecular weight excluding hydrogens is 291 g/mol. The van der Waals surface area contributed by atoms with Crippen molar-refractivity contribution in [2.45, 2.75) is 25.1 Å². The molecule has 20 heavy (non-hydrogen) atoms. The van der Waals surface area contributed by atoms with E-state index in [1.807, 2.05) is 0 Å². The largest absolute Gasteiger partial charge is 0.433 e. The number of alkyl halides is 3. The summed E-state index contributed by atoms with van der Waals surface area (Å²) in [4.78, 5) is 5.23. The summed E-state index contributed by atoms with van der Waals surface area (Å²) in [5.41, 5.74) is 4.84. The van der Waals surface area contributed by atoms with Crippen molar-refractivity contribution >= 4 is 23.0 Å². The summed E-state index contributed by atoms with van der Waals surface area (Å²) in [5.74, 6) is 0.0890. The molecule has 0 radical (unpaired) electrons. The number of β-amino-alcohol motifs (C(OH)–C–C–N with tert-alkyl or cyclic N) is 1. The number of hydrogen-bond acceptors (Lipinski definition) is 4. The van der Waals surface area contributed by atoms with E-state index in [2.05, 4.69) is 4.98 Å². The Morgan fingerprint density at radius 3 is 2.70 bits per heavy atom. The van der Waals surface area contributed by atoms with Gasteiger partial charge in [-0.15, -0.1) is 0 Å². The van der Waals surface area contributed by atoms with Crippen molar-refractivity contribution in [2.24, 2.45) is 5.73 Å². The van der Waals surface area contributed by atoms with E-state index < -0.39 is 18.0 Å². The zero-order valence-electron chi connectivity index (χ0n) is 10.5. The number of anilines is 1. The standard InChI is InChI=1S/C12H14F3N3OS/c13-12(14,15)9-4-3-8(10(16)20)11(17-9)18-5-1-2-7(19)6-18/h3-4,7,19H,1-2,5-6H2,(H2,16,20). The first-order valence-corrected chi connectivity index (χ1v) is 6.51. The maximum atomic E-state index is 12.8. The van der Waals surface area contributed by atoms with Gasteiger partial charge in [0.2, 0.25) is 0 Å². The SMILES string of the molecule is NC(=S)c1ccc(C(F)(F)F)nc1N1CCCC(O)C1. The van der Waals surface area contributed by atoms with Gasteiger partial charge in [0.25, 0.3) is 0 Å². The summed E-state index contributed by atoms with van der Waals surface area (Å²) >= 11 is 4.85. The third-order valence-corrected chi connectivity index (χ3v) is 3.35. The van der Waals surface area contributed by atoms with Gasteiger partial charge in [-0.25, -0.2) is 4.98 Å². The summed E-state index contributed by atoms with van der Waals surface area (Å²) in [6.07, 6.45) is -3.81.